The molecule has 30 heavy (non-hydrogen) atoms. The SMILES string of the molecule is Cc1c[nH]c(=O)n1-c1ccccc1NC(=O)/C=C/c1ccc(C(=O)NC2CC2)cc1. The lowest BCUT2D eigenvalue weighted by molar-refractivity contribution is -0.111. The lowest BCUT2D eigenvalue weighted by atomic mass is 10.1. The molecule has 3 aromatic rings. The summed E-state index contributed by atoms with van der Waals surface area (Å²) in [7, 11) is 0. The molecule has 1 aromatic heterocycles. The summed E-state index contributed by atoms with van der Waals surface area (Å²) >= 11 is 0. The minimum atomic E-state index is -0.320. The highest BCUT2D eigenvalue weighted by Crippen LogP contribution is 2.21. The van der Waals surface area contributed by atoms with Crippen molar-refractivity contribution in [2.75, 3.05) is 5.32 Å². The third kappa shape index (κ3) is 4.41. The number of imidazole rings is 1. The zero-order valence-electron chi connectivity index (χ0n) is 16.5. The minimum Gasteiger partial charge on any atom is -0.349 e. The van der Waals surface area contributed by atoms with E-state index in [1.807, 2.05) is 6.92 Å². The van der Waals surface area contributed by atoms with Gasteiger partial charge in [0.25, 0.3) is 5.91 Å². The van der Waals surface area contributed by atoms with Gasteiger partial charge in [-0.05, 0) is 55.7 Å². The van der Waals surface area contributed by atoms with Crippen LogP contribution in [0.25, 0.3) is 11.8 Å². The van der Waals surface area contributed by atoms with Gasteiger partial charge in [0.05, 0.1) is 11.4 Å². The number of nitrogens with one attached hydrogen (secondary N) is 3. The number of hydrogen-bond donors (Lipinski definition) is 3. The minimum absolute atomic E-state index is 0.0716. The highest BCUT2D eigenvalue weighted by molar-refractivity contribution is 6.03. The molecule has 0 bridgehead atoms. The van der Waals surface area contributed by atoms with Gasteiger partial charge in [-0.25, -0.2) is 4.79 Å². The van der Waals surface area contributed by atoms with E-state index in [2.05, 4.69) is 15.6 Å². The van der Waals surface area contributed by atoms with Crippen LogP contribution in [0, 0.1) is 6.92 Å². The van der Waals surface area contributed by atoms with Crippen molar-refractivity contribution >= 4 is 23.6 Å². The van der Waals surface area contributed by atoms with Gasteiger partial charge < -0.3 is 15.6 Å². The molecule has 1 aliphatic carbocycles. The van der Waals surface area contributed by atoms with Gasteiger partial charge in [0.2, 0.25) is 5.91 Å². The first-order valence-electron chi connectivity index (χ1n) is 9.78. The second kappa shape index (κ2) is 8.24. The number of aromatic nitrogens is 2. The van der Waals surface area contributed by atoms with Crippen molar-refractivity contribution in [2.24, 2.45) is 0 Å². The van der Waals surface area contributed by atoms with Crippen LogP contribution in [0.3, 0.4) is 0 Å². The molecule has 0 saturated heterocycles. The molecule has 0 spiro atoms. The fraction of sp³-hybridized carbons (Fsp3) is 0.174. The standard InChI is InChI=1S/C23H22N4O3/c1-15-14-24-23(30)27(15)20-5-3-2-4-19(20)26-21(28)13-8-16-6-9-17(10-7-16)22(29)25-18-11-12-18/h2-10,13-14,18H,11-12H2,1H3,(H,24,30)(H,25,29)(H,26,28)/b13-8+. The first-order valence-corrected chi connectivity index (χ1v) is 9.78. The van der Waals surface area contributed by atoms with E-state index >= 15 is 0 Å². The van der Waals surface area contributed by atoms with Gasteiger partial charge in [0, 0.05) is 29.6 Å². The highest BCUT2D eigenvalue weighted by atomic mass is 16.2. The fourth-order valence-electron chi connectivity index (χ4n) is 3.12. The van der Waals surface area contributed by atoms with Crippen molar-refractivity contribution in [1.29, 1.82) is 0 Å². The van der Waals surface area contributed by atoms with Gasteiger partial charge in [0.1, 0.15) is 0 Å². The molecule has 7 nitrogen and oxygen atoms in total. The van der Waals surface area contributed by atoms with Crippen LogP contribution in [0.2, 0.25) is 0 Å². The van der Waals surface area contributed by atoms with Crippen LogP contribution in [0.5, 0.6) is 0 Å². The maximum atomic E-state index is 12.4. The van der Waals surface area contributed by atoms with Crippen molar-refractivity contribution in [2.45, 2.75) is 25.8 Å². The zero-order valence-corrected chi connectivity index (χ0v) is 16.5. The van der Waals surface area contributed by atoms with Crippen LogP contribution >= 0.6 is 0 Å². The zero-order chi connectivity index (χ0) is 21.1. The lowest BCUT2D eigenvalue weighted by Crippen LogP contribution is -2.25. The van der Waals surface area contributed by atoms with E-state index in [1.165, 1.54) is 10.6 Å². The maximum Gasteiger partial charge on any atom is 0.330 e. The Labute approximate surface area is 173 Å². The number of aryl methyl sites for hydroxylation is 1. The summed E-state index contributed by atoms with van der Waals surface area (Å²) in [4.78, 5) is 39.2. The van der Waals surface area contributed by atoms with E-state index in [1.54, 1.807) is 60.8 Å². The smallest absolute Gasteiger partial charge is 0.330 e. The molecule has 2 aromatic carbocycles. The summed E-state index contributed by atoms with van der Waals surface area (Å²) in [5.41, 5.74) is 3.00. The van der Waals surface area contributed by atoms with Crippen molar-refractivity contribution in [3.63, 3.8) is 0 Å². The van der Waals surface area contributed by atoms with Gasteiger partial charge in [-0.1, -0.05) is 24.3 Å². The molecule has 0 radical (unpaired) electrons. The Morgan fingerprint density at radius 2 is 1.83 bits per heavy atom. The number of carbonyl (C=O) groups is 2. The molecular formula is C23H22N4O3. The third-order valence-corrected chi connectivity index (χ3v) is 4.88. The molecule has 1 heterocycles. The Morgan fingerprint density at radius 3 is 2.50 bits per heavy atom. The maximum absolute atomic E-state index is 12.4. The van der Waals surface area contributed by atoms with Crippen molar-refractivity contribution < 1.29 is 9.59 Å². The first kappa shape index (κ1) is 19.4. The molecule has 3 N–H and O–H groups in total. The molecule has 2 amide bonds. The molecule has 0 unspecified atom stereocenters. The monoisotopic (exact) mass is 402 g/mol. The quantitative estimate of drug-likeness (QED) is 0.553. The largest absolute Gasteiger partial charge is 0.349 e. The number of H-pyrrole nitrogens is 1. The second-order valence-corrected chi connectivity index (χ2v) is 7.28. The average molecular weight is 402 g/mol. The van der Waals surface area contributed by atoms with E-state index in [9.17, 15) is 14.4 Å². The number of benzene rings is 2. The van der Waals surface area contributed by atoms with Gasteiger partial charge >= 0.3 is 5.69 Å². The molecule has 1 fully saturated rings. The predicted octanol–water partition coefficient (Wildman–Crippen LogP) is 3.02. The highest BCUT2D eigenvalue weighted by Gasteiger charge is 2.23. The Bertz CT molecular complexity index is 1170. The van der Waals surface area contributed by atoms with Crippen LogP contribution in [0.4, 0.5) is 5.69 Å². The molecular weight excluding hydrogens is 380 g/mol. The Morgan fingerprint density at radius 1 is 1.10 bits per heavy atom. The van der Waals surface area contributed by atoms with Crippen LogP contribution in [0.15, 0.2) is 65.6 Å². The van der Waals surface area contributed by atoms with Gasteiger partial charge in [0.15, 0.2) is 0 Å². The van der Waals surface area contributed by atoms with E-state index < -0.39 is 0 Å². The van der Waals surface area contributed by atoms with E-state index in [0.717, 1.165) is 24.1 Å². The molecule has 0 aliphatic heterocycles. The number of rotatable bonds is 6. The summed E-state index contributed by atoms with van der Waals surface area (Å²) < 4.78 is 1.50. The van der Waals surface area contributed by atoms with Crippen LogP contribution in [-0.2, 0) is 4.79 Å². The number of anilines is 1. The molecule has 1 saturated carbocycles. The van der Waals surface area contributed by atoms with Crippen LogP contribution in [0.1, 0.15) is 34.5 Å². The van der Waals surface area contributed by atoms with Crippen molar-refractivity contribution in [3.05, 3.63) is 88.1 Å². The Hall–Kier alpha value is -3.87. The number of nitrogens with zero attached hydrogens (tertiary/aromatic N) is 1. The summed E-state index contributed by atoms with van der Waals surface area (Å²) in [6.45, 7) is 1.81. The molecule has 7 heteroatoms. The van der Waals surface area contributed by atoms with Gasteiger partial charge in [-0.15, -0.1) is 0 Å². The number of hydrogen-bond acceptors (Lipinski definition) is 3. The average Bonchev–Trinajstić information content (AvgIpc) is 3.50. The lowest BCUT2D eigenvalue weighted by Gasteiger charge is -2.11. The summed E-state index contributed by atoms with van der Waals surface area (Å²) in [5, 5.41) is 5.76. The van der Waals surface area contributed by atoms with Crippen LogP contribution in [-0.4, -0.2) is 27.4 Å². The summed E-state index contributed by atoms with van der Waals surface area (Å²) in [6.07, 6.45) is 6.80. The van der Waals surface area contributed by atoms with E-state index in [0.29, 0.717) is 23.0 Å². The topological polar surface area (TPSA) is 96.0 Å². The predicted molar refractivity (Wildman–Crippen MR) is 116 cm³/mol. The van der Waals surface area contributed by atoms with E-state index in [4.69, 9.17) is 0 Å². The Balaban J connectivity index is 1.44. The molecule has 1 aliphatic rings. The Kier molecular flexibility index (Phi) is 5.34. The van der Waals surface area contributed by atoms with Crippen LogP contribution < -0.4 is 16.3 Å². The summed E-state index contributed by atoms with van der Waals surface area (Å²) in [5.74, 6) is -0.392. The number of amides is 2. The normalized spacial score (nSPS) is 13.4. The van der Waals surface area contributed by atoms with Crippen molar-refractivity contribution in [3.8, 4) is 5.69 Å². The van der Waals surface area contributed by atoms with Gasteiger partial charge in [-0.2, -0.15) is 0 Å². The van der Waals surface area contributed by atoms with E-state index in [-0.39, 0.29) is 17.5 Å². The molecule has 4 rings (SSSR count). The molecule has 152 valence electrons. The fourth-order valence-corrected chi connectivity index (χ4v) is 3.12. The number of para-hydroxylation sites is 2. The summed E-state index contributed by atoms with van der Waals surface area (Å²) in [6, 6.07) is 14.5. The van der Waals surface area contributed by atoms with Crippen molar-refractivity contribution in [1.82, 2.24) is 14.9 Å². The number of aromatic amines is 1. The first-order chi connectivity index (χ1) is 14.5. The second-order valence-electron chi connectivity index (χ2n) is 7.28. The number of carbonyl (C=O) groups excluding carboxylic acids is 2. The molecule has 0 atom stereocenters. The third-order valence-electron chi connectivity index (χ3n) is 4.88. The van der Waals surface area contributed by atoms with Gasteiger partial charge in [-0.3, -0.25) is 14.2 Å².